The second-order valence-electron chi connectivity index (χ2n) is 7.95. The molecule has 0 spiro atoms. The summed E-state index contributed by atoms with van der Waals surface area (Å²) < 4.78 is 0. The van der Waals surface area contributed by atoms with E-state index in [0.717, 1.165) is 31.2 Å². The second-order valence-corrected chi connectivity index (χ2v) is 9.51. The SMILES string of the molecule is CC(=O)NC(c1ccccc1)[C@H]1[C@H]2C[C@@H]3C[C@](Cl)(C2)C[C@@]1(Cl)C3. The van der Waals surface area contributed by atoms with Crippen molar-refractivity contribution in [1.82, 2.24) is 5.32 Å². The van der Waals surface area contributed by atoms with Crippen LogP contribution in [0.25, 0.3) is 0 Å². The van der Waals surface area contributed by atoms with Crippen LogP contribution in [0.4, 0.5) is 0 Å². The summed E-state index contributed by atoms with van der Waals surface area (Å²) in [6, 6.07) is 10.3. The standard InChI is InChI=1S/C19H23Cl2NO/c1-12(23)22-17(14-5-3-2-4-6-14)16-15-7-13-8-18(20,10-15)11-19(16,21)9-13/h2-6,13,15-17H,7-11H2,1H3,(H,22,23)/t13-,15+,16-,17?,18+,19+/m1/s1. The van der Waals surface area contributed by atoms with Crippen molar-refractivity contribution >= 4 is 29.1 Å². The Morgan fingerprint density at radius 3 is 2.57 bits per heavy atom. The minimum Gasteiger partial charge on any atom is -0.349 e. The van der Waals surface area contributed by atoms with Gasteiger partial charge in [-0.15, -0.1) is 23.2 Å². The zero-order chi connectivity index (χ0) is 16.2. The van der Waals surface area contributed by atoms with Crippen molar-refractivity contribution in [1.29, 1.82) is 0 Å². The Balaban J connectivity index is 1.73. The summed E-state index contributed by atoms with van der Waals surface area (Å²) in [5, 5.41) is 3.20. The molecule has 4 bridgehead atoms. The Labute approximate surface area is 147 Å². The van der Waals surface area contributed by atoms with Crippen LogP contribution in [-0.4, -0.2) is 15.7 Å². The van der Waals surface area contributed by atoms with E-state index < -0.39 is 0 Å². The van der Waals surface area contributed by atoms with Crippen molar-refractivity contribution in [2.75, 3.05) is 0 Å². The molecule has 6 atom stereocenters. The summed E-state index contributed by atoms with van der Waals surface area (Å²) in [5.74, 6) is 1.43. The van der Waals surface area contributed by atoms with E-state index in [-0.39, 0.29) is 27.6 Å². The van der Waals surface area contributed by atoms with Gasteiger partial charge in [0.1, 0.15) is 0 Å². The van der Waals surface area contributed by atoms with E-state index in [0.29, 0.717) is 11.8 Å². The maximum atomic E-state index is 11.9. The van der Waals surface area contributed by atoms with Gasteiger partial charge in [0.15, 0.2) is 0 Å². The lowest BCUT2D eigenvalue weighted by Gasteiger charge is -2.63. The van der Waals surface area contributed by atoms with E-state index in [1.807, 2.05) is 18.2 Å². The van der Waals surface area contributed by atoms with Gasteiger partial charge in [-0.05, 0) is 49.5 Å². The Morgan fingerprint density at radius 1 is 1.22 bits per heavy atom. The molecule has 1 aromatic carbocycles. The van der Waals surface area contributed by atoms with E-state index in [1.54, 1.807) is 6.92 Å². The van der Waals surface area contributed by atoms with Crippen LogP contribution >= 0.6 is 23.2 Å². The number of halogens is 2. The van der Waals surface area contributed by atoms with Crippen molar-refractivity contribution < 1.29 is 4.79 Å². The summed E-state index contributed by atoms with van der Waals surface area (Å²) in [6.45, 7) is 1.59. The zero-order valence-corrected chi connectivity index (χ0v) is 14.9. The first kappa shape index (κ1) is 15.8. The molecular formula is C19H23Cl2NO. The molecule has 4 aliphatic rings. The molecule has 4 aliphatic carbocycles. The number of carbonyl (C=O) groups excluding carboxylic acids is 1. The number of nitrogens with one attached hydrogen (secondary N) is 1. The minimum atomic E-state index is -0.283. The average Bonchev–Trinajstić information content (AvgIpc) is 2.43. The molecule has 0 radical (unpaired) electrons. The predicted octanol–water partition coefficient (Wildman–Crippen LogP) is 4.66. The molecule has 2 nitrogen and oxygen atoms in total. The average molecular weight is 352 g/mol. The van der Waals surface area contributed by atoms with Gasteiger partial charge in [0.05, 0.1) is 10.9 Å². The third-order valence-corrected chi connectivity index (χ3v) is 7.12. The van der Waals surface area contributed by atoms with E-state index in [2.05, 4.69) is 17.4 Å². The third-order valence-electron chi connectivity index (χ3n) is 6.14. The molecule has 124 valence electrons. The predicted molar refractivity (Wildman–Crippen MR) is 93.7 cm³/mol. The molecule has 4 heteroatoms. The Hall–Kier alpha value is -0.730. The fourth-order valence-electron chi connectivity index (χ4n) is 5.82. The first-order chi connectivity index (χ1) is 10.9. The summed E-state index contributed by atoms with van der Waals surface area (Å²) >= 11 is 14.0. The lowest BCUT2D eigenvalue weighted by atomic mass is 9.49. The lowest BCUT2D eigenvalue weighted by molar-refractivity contribution is -0.121. The van der Waals surface area contributed by atoms with Crippen molar-refractivity contribution in [3.05, 3.63) is 35.9 Å². The van der Waals surface area contributed by atoms with Gasteiger partial charge in [-0.3, -0.25) is 4.79 Å². The van der Waals surface area contributed by atoms with Crippen LogP contribution in [0.3, 0.4) is 0 Å². The maximum Gasteiger partial charge on any atom is 0.217 e. The highest BCUT2D eigenvalue weighted by molar-refractivity contribution is 6.28. The normalized spacial score (nSPS) is 42.5. The summed E-state index contributed by atoms with van der Waals surface area (Å²) in [7, 11) is 0. The van der Waals surface area contributed by atoms with Gasteiger partial charge in [-0.1, -0.05) is 30.3 Å². The van der Waals surface area contributed by atoms with Gasteiger partial charge in [-0.25, -0.2) is 0 Å². The van der Waals surface area contributed by atoms with Crippen LogP contribution in [0.2, 0.25) is 0 Å². The molecule has 1 unspecified atom stereocenters. The number of alkyl halides is 2. The molecule has 1 aromatic rings. The molecule has 4 fully saturated rings. The summed E-state index contributed by atoms with van der Waals surface area (Å²) in [5.41, 5.74) is 1.16. The topological polar surface area (TPSA) is 29.1 Å². The fraction of sp³-hybridized carbons (Fsp3) is 0.632. The number of benzene rings is 1. The van der Waals surface area contributed by atoms with Crippen LogP contribution < -0.4 is 5.32 Å². The van der Waals surface area contributed by atoms with E-state index in [9.17, 15) is 4.79 Å². The van der Waals surface area contributed by atoms with Crippen LogP contribution in [0.15, 0.2) is 30.3 Å². The Bertz CT molecular complexity index is 621. The highest BCUT2D eigenvalue weighted by atomic mass is 35.5. The molecular weight excluding hydrogens is 329 g/mol. The van der Waals surface area contributed by atoms with Crippen molar-refractivity contribution in [3.63, 3.8) is 0 Å². The molecule has 1 N–H and O–H groups in total. The molecule has 5 rings (SSSR count). The van der Waals surface area contributed by atoms with Crippen LogP contribution in [0, 0.1) is 17.8 Å². The highest BCUT2D eigenvalue weighted by Crippen LogP contribution is 2.66. The molecule has 0 aliphatic heterocycles. The van der Waals surface area contributed by atoms with Crippen LogP contribution in [0.5, 0.6) is 0 Å². The van der Waals surface area contributed by atoms with Crippen LogP contribution in [0.1, 0.15) is 50.6 Å². The minimum absolute atomic E-state index is 0.00788. The largest absolute Gasteiger partial charge is 0.349 e. The quantitative estimate of drug-likeness (QED) is 0.788. The first-order valence-corrected chi connectivity index (χ1v) is 9.34. The third kappa shape index (κ3) is 2.68. The lowest BCUT2D eigenvalue weighted by Crippen LogP contribution is -2.62. The Kier molecular flexibility index (Phi) is 3.70. The smallest absolute Gasteiger partial charge is 0.217 e. The van der Waals surface area contributed by atoms with Crippen molar-refractivity contribution in [2.24, 2.45) is 17.8 Å². The Morgan fingerprint density at radius 2 is 1.96 bits per heavy atom. The van der Waals surface area contributed by atoms with Crippen molar-refractivity contribution in [2.45, 2.75) is 54.8 Å². The number of rotatable bonds is 3. The summed E-state index contributed by atoms with van der Waals surface area (Å²) in [6.07, 6.45) is 5.25. The molecule has 0 aromatic heterocycles. The van der Waals surface area contributed by atoms with Gasteiger partial charge < -0.3 is 5.32 Å². The number of hydrogen-bond acceptors (Lipinski definition) is 1. The monoisotopic (exact) mass is 351 g/mol. The summed E-state index contributed by atoms with van der Waals surface area (Å²) in [4.78, 5) is 11.5. The van der Waals surface area contributed by atoms with Gasteiger partial charge in [0.25, 0.3) is 0 Å². The number of carbonyl (C=O) groups is 1. The first-order valence-electron chi connectivity index (χ1n) is 8.58. The van der Waals surface area contributed by atoms with Crippen molar-refractivity contribution in [3.8, 4) is 0 Å². The van der Waals surface area contributed by atoms with Gasteiger partial charge in [0, 0.05) is 17.7 Å². The number of amides is 1. The van der Waals surface area contributed by atoms with Gasteiger partial charge in [0.2, 0.25) is 5.91 Å². The molecule has 1 amide bonds. The molecule has 23 heavy (non-hydrogen) atoms. The molecule has 0 heterocycles. The fourth-order valence-corrected chi connectivity index (χ4v) is 7.33. The van der Waals surface area contributed by atoms with E-state index in [4.69, 9.17) is 23.2 Å². The zero-order valence-electron chi connectivity index (χ0n) is 13.4. The highest BCUT2D eigenvalue weighted by Gasteiger charge is 2.63. The van der Waals surface area contributed by atoms with Gasteiger partial charge in [-0.2, -0.15) is 0 Å². The van der Waals surface area contributed by atoms with Gasteiger partial charge >= 0.3 is 0 Å². The maximum absolute atomic E-state index is 11.9. The van der Waals surface area contributed by atoms with Crippen LogP contribution in [-0.2, 0) is 4.79 Å². The number of hydrogen-bond donors (Lipinski definition) is 1. The van der Waals surface area contributed by atoms with E-state index in [1.165, 1.54) is 6.42 Å². The van der Waals surface area contributed by atoms with E-state index >= 15 is 0 Å². The molecule has 0 saturated heterocycles. The molecule has 4 saturated carbocycles. The second kappa shape index (κ2) is 5.39.